The molecule has 16 heteroatoms. The number of nitrogens with zero attached hydrogens (tertiary/aromatic N) is 8. The Morgan fingerprint density at radius 1 is 1.16 bits per heavy atom. The van der Waals surface area contributed by atoms with Gasteiger partial charge in [0.05, 0.1) is 16.5 Å². The second-order valence-corrected chi connectivity index (χ2v) is 13.5. The summed E-state index contributed by atoms with van der Waals surface area (Å²) in [6, 6.07) is 0.622. The molecule has 0 unspecified atom stereocenters. The maximum atomic E-state index is 16.5. The number of ether oxygens (including phenoxy) is 1. The Labute approximate surface area is 280 Å². The third-order valence-corrected chi connectivity index (χ3v) is 9.71. The van der Waals surface area contributed by atoms with Crippen molar-refractivity contribution >= 4 is 28.4 Å². The number of rotatable bonds is 9. The van der Waals surface area contributed by atoms with Crippen LogP contribution in [0.5, 0.6) is 6.01 Å². The first-order chi connectivity index (χ1) is 23.2. The Balaban J connectivity index is 1.40. The van der Waals surface area contributed by atoms with E-state index in [0.29, 0.717) is 39.0 Å². The third-order valence-electron chi connectivity index (χ3n) is 9.71. The monoisotopic (exact) mass is 689 g/mol. The zero-order valence-electron chi connectivity index (χ0n) is 27.9. The number of nitrogen functional groups attached to an aromatic ring is 1. The minimum absolute atomic E-state index is 0.0564. The highest BCUT2D eigenvalue weighted by molar-refractivity contribution is 5.92. The van der Waals surface area contributed by atoms with Crippen LogP contribution in [-0.4, -0.2) is 119 Å². The number of alkyl halides is 4. The first-order valence-corrected chi connectivity index (χ1v) is 16.2. The van der Waals surface area contributed by atoms with Crippen LogP contribution in [0.3, 0.4) is 0 Å². The number of anilines is 2. The molecule has 3 aliphatic heterocycles. The fraction of sp³-hybridized carbons (Fsp3) is 0.545. The summed E-state index contributed by atoms with van der Waals surface area (Å²) in [6.45, 7) is 3.75. The van der Waals surface area contributed by atoms with Crippen LogP contribution in [0.1, 0.15) is 36.8 Å². The van der Waals surface area contributed by atoms with Gasteiger partial charge in [-0.1, -0.05) is 6.08 Å². The van der Waals surface area contributed by atoms with Crippen LogP contribution in [-0.2, 0) is 11.0 Å². The van der Waals surface area contributed by atoms with Crippen molar-refractivity contribution in [1.29, 1.82) is 0 Å². The highest BCUT2D eigenvalue weighted by Gasteiger charge is 2.49. The molecule has 264 valence electrons. The lowest BCUT2D eigenvalue weighted by molar-refractivity contribution is -0.137. The SMILES string of the molecule is Cc1cc(N)nc(-c2ncc3c(N(C)[C@@H]4CCN(C(=O)/C=C/CN(C)C)C4)nc(OC[C@@]45CCCN4C[C@H](F)C5)nc3c2F)c1C(F)(F)F. The van der Waals surface area contributed by atoms with E-state index in [1.54, 1.807) is 22.9 Å². The quantitative estimate of drug-likeness (QED) is 0.258. The van der Waals surface area contributed by atoms with Gasteiger partial charge < -0.3 is 25.2 Å². The summed E-state index contributed by atoms with van der Waals surface area (Å²) < 4.78 is 79.7. The number of hydrogen-bond donors (Lipinski definition) is 1. The van der Waals surface area contributed by atoms with Crippen LogP contribution in [0.4, 0.5) is 33.6 Å². The lowest BCUT2D eigenvalue weighted by Gasteiger charge is -2.31. The van der Waals surface area contributed by atoms with Crippen molar-refractivity contribution in [2.75, 3.05) is 71.1 Å². The van der Waals surface area contributed by atoms with E-state index in [0.717, 1.165) is 19.0 Å². The molecule has 0 spiro atoms. The van der Waals surface area contributed by atoms with Gasteiger partial charge in [0.25, 0.3) is 0 Å². The molecular formula is C33H40F5N9O2. The largest absolute Gasteiger partial charge is 0.461 e. The van der Waals surface area contributed by atoms with Gasteiger partial charge in [0.15, 0.2) is 5.82 Å². The number of nitrogens with two attached hydrogens (primary N) is 1. The van der Waals surface area contributed by atoms with E-state index in [4.69, 9.17) is 10.5 Å². The average molecular weight is 690 g/mol. The molecule has 6 heterocycles. The van der Waals surface area contributed by atoms with Crippen molar-refractivity contribution in [3.8, 4) is 17.4 Å². The van der Waals surface area contributed by atoms with E-state index >= 15 is 4.39 Å². The number of hydrogen-bond acceptors (Lipinski definition) is 10. The molecule has 3 aromatic rings. The number of aryl methyl sites for hydroxylation is 1. The van der Waals surface area contributed by atoms with Crippen molar-refractivity contribution < 1.29 is 31.5 Å². The van der Waals surface area contributed by atoms with E-state index in [-0.39, 0.29) is 59.1 Å². The van der Waals surface area contributed by atoms with E-state index in [2.05, 4.69) is 24.8 Å². The number of likely N-dealkylation sites (N-methyl/N-ethyl adjacent to an activating group) is 2. The summed E-state index contributed by atoms with van der Waals surface area (Å²) in [6.07, 6.45) is 1.12. The van der Waals surface area contributed by atoms with Gasteiger partial charge in [0.2, 0.25) is 5.91 Å². The van der Waals surface area contributed by atoms with Crippen molar-refractivity contribution in [2.45, 2.75) is 56.5 Å². The fourth-order valence-electron chi connectivity index (χ4n) is 7.30. The van der Waals surface area contributed by atoms with E-state index < -0.39 is 40.7 Å². The van der Waals surface area contributed by atoms with Crippen LogP contribution in [0.2, 0.25) is 0 Å². The van der Waals surface area contributed by atoms with Crippen LogP contribution < -0.4 is 15.4 Å². The lowest BCUT2D eigenvalue weighted by Crippen LogP contribution is -2.43. The Bertz CT molecular complexity index is 1770. The molecule has 2 N–H and O–H groups in total. The van der Waals surface area contributed by atoms with Crippen LogP contribution in [0, 0.1) is 12.7 Å². The van der Waals surface area contributed by atoms with Gasteiger partial charge in [0, 0.05) is 58.0 Å². The molecular weight excluding hydrogens is 649 g/mol. The zero-order chi connectivity index (χ0) is 35.2. The number of carbonyl (C=O) groups excluding carboxylic acids is 1. The zero-order valence-corrected chi connectivity index (χ0v) is 27.9. The highest BCUT2D eigenvalue weighted by atomic mass is 19.4. The molecule has 0 bridgehead atoms. The lowest BCUT2D eigenvalue weighted by atomic mass is 9.95. The third kappa shape index (κ3) is 6.84. The molecule has 0 radical (unpaired) electrons. The van der Waals surface area contributed by atoms with Crippen molar-refractivity contribution in [3.63, 3.8) is 0 Å². The normalized spacial score (nSPS) is 22.9. The fourth-order valence-corrected chi connectivity index (χ4v) is 7.30. The van der Waals surface area contributed by atoms with Gasteiger partial charge in [0.1, 0.15) is 41.3 Å². The number of likely N-dealkylation sites (tertiary alicyclic amines) is 1. The number of fused-ring (bicyclic) bond motifs is 2. The van der Waals surface area contributed by atoms with Gasteiger partial charge in [-0.15, -0.1) is 0 Å². The molecule has 3 fully saturated rings. The van der Waals surface area contributed by atoms with Crippen molar-refractivity contribution in [2.24, 2.45) is 0 Å². The summed E-state index contributed by atoms with van der Waals surface area (Å²) >= 11 is 0. The molecule has 49 heavy (non-hydrogen) atoms. The van der Waals surface area contributed by atoms with E-state index in [9.17, 15) is 22.4 Å². The van der Waals surface area contributed by atoms with E-state index in [1.165, 1.54) is 19.2 Å². The summed E-state index contributed by atoms with van der Waals surface area (Å²) in [4.78, 5) is 37.3. The molecule has 6 rings (SSSR count). The smallest absolute Gasteiger partial charge is 0.418 e. The standard InChI is InChI=1S/C33H40F5N9O2/c1-19-13-23(39)41-28(25(19)33(36,37)38)29-26(35)27-22(15-40-29)30(45(4)21-8-12-46(17-21)24(48)7-5-10-44(2)3)43-31(42-27)49-18-32-9-6-11-47(32)16-20(34)14-32/h5,7,13,15,20-21H,6,8-12,14,16-18H2,1-4H3,(H2,39,41)/b7-5+/t20-,21-,32+/m1/s1. The molecule has 3 saturated heterocycles. The molecule has 0 aliphatic carbocycles. The number of carbonyl (C=O) groups is 1. The first-order valence-electron chi connectivity index (χ1n) is 16.2. The van der Waals surface area contributed by atoms with E-state index in [1.807, 2.05) is 19.0 Å². The van der Waals surface area contributed by atoms with Crippen LogP contribution in [0.15, 0.2) is 24.4 Å². The van der Waals surface area contributed by atoms with Gasteiger partial charge in [-0.2, -0.15) is 23.1 Å². The number of pyridine rings is 2. The first kappa shape index (κ1) is 34.7. The van der Waals surface area contributed by atoms with Gasteiger partial charge in [-0.3, -0.25) is 14.7 Å². The Morgan fingerprint density at radius 2 is 1.94 bits per heavy atom. The molecule has 11 nitrogen and oxygen atoms in total. The Morgan fingerprint density at radius 3 is 2.67 bits per heavy atom. The molecule has 3 aromatic heterocycles. The van der Waals surface area contributed by atoms with Crippen LogP contribution in [0.25, 0.3) is 22.3 Å². The minimum atomic E-state index is -4.87. The molecule has 3 atom stereocenters. The number of aromatic nitrogens is 4. The summed E-state index contributed by atoms with van der Waals surface area (Å²) in [5.41, 5.74) is 2.11. The predicted molar refractivity (Wildman–Crippen MR) is 174 cm³/mol. The molecule has 1 amide bonds. The second kappa shape index (κ2) is 13.3. The summed E-state index contributed by atoms with van der Waals surface area (Å²) in [5.74, 6) is -1.29. The maximum absolute atomic E-state index is 16.5. The molecule has 3 aliphatic rings. The Kier molecular flexibility index (Phi) is 9.39. The maximum Gasteiger partial charge on any atom is 0.418 e. The summed E-state index contributed by atoms with van der Waals surface area (Å²) in [5, 5.41) is 0.131. The van der Waals surface area contributed by atoms with Gasteiger partial charge in [-0.25, -0.2) is 13.8 Å². The average Bonchev–Trinajstić information content (AvgIpc) is 3.73. The molecule has 0 aromatic carbocycles. The van der Waals surface area contributed by atoms with Crippen molar-refractivity contribution in [1.82, 2.24) is 34.6 Å². The number of amides is 1. The minimum Gasteiger partial charge on any atom is -0.461 e. The predicted octanol–water partition coefficient (Wildman–Crippen LogP) is 4.25. The second-order valence-electron chi connectivity index (χ2n) is 13.5. The summed E-state index contributed by atoms with van der Waals surface area (Å²) in [7, 11) is 5.54. The topological polar surface area (TPSA) is 117 Å². The Hall–Kier alpha value is -4.18. The highest BCUT2D eigenvalue weighted by Crippen LogP contribution is 2.42. The van der Waals surface area contributed by atoms with Gasteiger partial charge in [-0.05, 0) is 58.5 Å². The molecule has 0 saturated carbocycles. The van der Waals surface area contributed by atoms with Crippen LogP contribution >= 0.6 is 0 Å². The van der Waals surface area contributed by atoms with Crippen molar-refractivity contribution in [3.05, 3.63) is 41.4 Å². The number of halogens is 5. The van der Waals surface area contributed by atoms with Gasteiger partial charge >= 0.3 is 12.2 Å².